The highest BCUT2D eigenvalue weighted by atomic mass is 16.7. The van der Waals surface area contributed by atoms with E-state index < -0.39 is 5.79 Å². The van der Waals surface area contributed by atoms with Gasteiger partial charge in [0, 0.05) is 10.8 Å². The number of hydrogen-bond acceptors (Lipinski definition) is 5. The van der Waals surface area contributed by atoms with E-state index in [0.717, 1.165) is 17.2 Å². The molecule has 0 amide bonds. The third kappa shape index (κ3) is 2.12. The minimum Gasteiger partial charge on any atom is -0.462 e. The molecule has 0 saturated carbocycles. The smallest absolute Gasteiger partial charge is 0.249 e. The minimum atomic E-state index is -0.949. The monoisotopic (exact) mass is 285 g/mol. The Morgan fingerprint density at radius 1 is 1.19 bits per heavy atom. The van der Waals surface area contributed by atoms with Crippen LogP contribution in [-0.2, 0) is 21.8 Å². The third-order valence-electron chi connectivity index (χ3n) is 3.65. The van der Waals surface area contributed by atoms with Crippen LogP contribution >= 0.6 is 0 Å². The number of aromatic nitrogens is 3. The van der Waals surface area contributed by atoms with Crippen molar-refractivity contribution in [1.29, 1.82) is 0 Å². The van der Waals surface area contributed by atoms with Crippen LogP contribution in [0, 0.1) is 0 Å². The second-order valence-corrected chi connectivity index (χ2v) is 5.05. The molecule has 0 N–H and O–H groups in total. The zero-order valence-electron chi connectivity index (χ0n) is 11.4. The van der Waals surface area contributed by atoms with Crippen molar-refractivity contribution in [2.45, 2.75) is 18.8 Å². The fourth-order valence-corrected chi connectivity index (χ4v) is 2.68. The number of fused-ring (bicyclic) bond motifs is 1. The van der Waals surface area contributed by atoms with Crippen LogP contribution in [0.3, 0.4) is 0 Å². The molecule has 3 aromatic rings. The lowest BCUT2D eigenvalue weighted by atomic mass is 10.1. The van der Waals surface area contributed by atoms with Gasteiger partial charge < -0.3 is 13.9 Å². The molecular weight excluding hydrogens is 270 g/mol. The van der Waals surface area contributed by atoms with E-state index in [0.29, 0.717) is 25.5 Å². The van der Waals surface area contributed by atoms with Gasteiger partial charge in [0.15, 0.2) is 5.76 Å². The lowest BCUT2D eigenvalue weighted by molar-refractivity contribution is -0.292. The number of rotatable bonds is 3. The Labute approximate surface area is 121 Å². The van der Waals surface area contributed by atoms with Gasteiger partial charge >= 0.3 is 0 Å². The van der Waals surface area contributed by atoms with Crippen LogP contribution in [0.25, 0.3) is 10.8 Å². The van der Waals surface area contributed by atoms with Crippen molar-refractivity contribution >= 4 is 10.8 Å². The maximum absolute atomic E-state index is 5.99. The quantitative estimate of drug-likeness (QED) is 0.739. The molecule has 0 atom stereocenters. The van der Waals surface area contributed by atoms with Crippen molar-refractivity contribution in [3.63, 3.8) is 0 Å². The average molecular weight is 285 g/mol. The first-order valence-electron chi connectivity index (χ1n) is 6.94. The number of benzene rings is 1. The SMILES string of the molecule is c1ccc2c(C3(Cn4cncn4)OCCCO3)occ2c1. The molecule has 1 saturated heterocycles. The Balaban J connectivity index is 1.81. The number of furan rings is 1. The molecule has 3 heterocycles. The van der Waals surface area contributed by atoms with Gasteiger partial charge in [-0.25, -0.2) is 9.67 Å². The van der Waals surface area contributed by atoms with Gasteiger partial charge in [0.25, 0.3) is 0 Å². The first kappa shape index (κ1) is 12.6. The Morgan fingerprint density at radius 2 is 2.05 bits per heavy atom. The molecule has 0 radical (unpaired) electrons. The highest BCUT2D eigenvalue weighted by molar-refractivity contribution is 5.84. The van der Waals surface area contributed by atoms with Crippen molar-refractivity contribution < 1.29 is 13.9 Å². The van der Waals surface area contributed by atoms with E-state index in [-0.39, 0.29) is 0 Å². The molecule has 6 heteroatoms. The zero-order valence-corrected chi connectivity index (χ0v) is 11.4. The Morgan fingerprint density at radius 3 is 2.86 bits per heavy atom. The second kappa shape index (κ2) is 4.98. The Bertz CT molecular complexity index is 730. The van der Waals surface area contributed by atoms with Crippen LogP contribution in [-0.4, -0.2) is 28.0 Å². The maximum atomic E-state index is 5.99. The van der Waals surface area contributed by atoms with Gasteiger partial charge in [0.05, 0.1) is 19.5 Å². The molecule has 1 aliphatic rings. The molecule has 0 bridgehead atoms. The van der Waals surface area contributed by atoms with E-state index in [2.05, 4.69) is 10.1 Å². The molecule has 0 spiro atoms. The summed E-state index contributed by atoms with van der Waals surface area (Å²) < 4.78 is 19.5. The van der Waals surface area contributed by atoms with Crippen molar-refractivity contribution in [3.05, 3.63) is 48.9 Å². The average Bonchev–Trinajstić information content (AvgIpc) is 3.17. The van der Waals surface area contributed by atoms with Gasteiger partial charge in [-0.05, 0) is 6.42 Å². The summed E-state index contributed by atoms with van der Waals surface area (Å²) in [6.07, 6.45) is 5.75. The van der Waals surface area contributed by atoms with Crippen LogP contribution in [0.5, 0.6) is 0 Å². The Kier molecular flexibility index (Phi) is 2.98. The lowest BCUT2D eigenvalue weighted by Crippen LogP contribution is -2.41. The predicted octanol–water partition coefficient (Wildman–Crippen LogP) is 2.31. The summed E-state index contributed by atoms with van der Waals surface area (Å²) in [6, 6.07) is 7.98. The highest BCUT2D eigenvalue weighted by Crippen LogP contribution is 2.37. The van der Waals surface area contributed by atoms with Crippen molar-refractivity contribution in [2.75, 3.05) is 13.2 Å². The maximum Gasteiger partial charge on any atom is 0.249 e. The standard InChI is InChI=1S/C15H15N3O3/c1-2-5-13-12(4-1)8-19-14(13)15(20-6-3-7-21-15)9-18-11-16-10-17-18/h1-2,4-5,8,10-11H,3,6-7,9H2. The van der Waals surface area contributed by atoms with Gasteiger partial charge in [0.1, 0.15) is 19.2 Å². The van der Waals surface area contributed by atoms with E-state index in [1.54, 1.807) is 17.3 Å². The Hall–Kier alpha value is -2.18. The van der Waals surface area contributed by atoms with Crippen LogP contribution in [0.1, 0.15) is 12.2 Å². The predicted molar refractivity (Wildman–Crippen MR) is 74.4 cm³/mol. The van der Waals surface area contributed by atoms with E-state index in [4.69, 9.17) is 13.9 Å². The summed E-state index contributed by atoms with van der Waals surface area (Å²) in [5, 5.41) is 6.18. The molecular formula is C15H15N3O3. The number of hydrogen-bond donors (Lipinski definition) is 0. The van der Waals surface area contributed by atoms with E-state index >= 15 is 0 Å². The molecule has 6 nitrogen and oxygen atoms in total. The summed E-state index contributed by atoms with van der Waals surface area (Å²) in [4.78, 5) is 3.97. The molecule has 4 rings (SSSR count). The summed E-state index contributed by atoms with van der Waals surface area (Å²) >= 11 is 0. The van der Waals surface area contributed by atoms with Gasteiger partial charge in [-0.1, -0.05) is 24.3 Å². The van der Waals surface area contributed by atoms with Crippen LogP contribution in [0.4, 0.5) is 0 Å². The van der Waals surface area contributed by atoms with E-state index in [9.17, 15) is 0 Å². The molecule has 21 heavy (non-hydrogen) atoms. The molecule has 0 unspecified atom stereocenters. The van der Waals surface area contributed by atoms with Crippen LogP contribution in [0.2, 0.25) is 0 Å². The van der Waals surface area contributed by atoms with Gasteiger partial charge in [-0.2, -0.15) is 5.10 Å². The van der Waals surface area contributed by atoms with Gasteiger partial charge in [0.2, 0.25) is 5.79 Å². The number of ether oxygens (including phenoxy) is 2. The number of nitrogens with zero attached hydrogens (tertiary/aromatic N) is 3. The first-order chi connectivity index (χ1) is 10.4. The lowest BCUT2D eigenvalue weighted by Gasteiger charge is -2.35. The summed E-state index contributed by atoms with van der Waals surface area (Å²) in [7, 11) is 0. The van der Waals surface area contributed by atoms with Crippen molar-refractivity contribution in [1.82, 2.24) is 14.8 Å². The van der Waals surface area contributed by atoms with Crippen molar-refractivity contribution in [3.8, 4) is 0 Å². The molecule has 0 aliphatic carbocycles. The van der Waals surface area contributed by atoms with E-state index in [1.807, 2.05) is 24.3 Å². The molecule has 108 valence electrons. The molecule has 1 aliphatic heterocycles. The molecule has 1 fully saturated rings. The summed E-state index contributed by atoms with van der Waals surface area (Å²) in [6.45, 7) is 1.66. The van der Waals surface area contributed by atoms with Crippen LogP contribution in [0.15, 0.2) is 47.6 Å². The fourth-order valence-electron chi connectivity index (χ4n) is 2.68. The van der Waals surface area contributed by atoms with Gasteiger partial charge in [-0.15, -0.1) is 0 Å². The third-order valence-corrected chi connectivity index (χ3v) is 3.65. The normalized spacial score (nSPS) is 18.1. The van der Waals surface area contributed by atoms with Crippen molar-refractivity contribution in [2.24, 2.45) is 0 Å². The second-order valence-electron chi connectivity index (χ2n) is 5.05. The first-order valence-corrected chi connectivity index (χ1v) is 6.94. The topological polar surface area (TPSA) is 62.3 Å². The molecule has 1 aromatic carbocycles. The zero-order chi connectivity index (χ0) is 14.1. The summed E-state index contributed by atoms with van der Waals surface area (Å²) in [5.41, 5.74) is 0. The van der Waals surface area contributed by atoms with Gasteiger partial charge in [-0.3, -0.25) is 0 Å². The largest absolute Gasteiger partial charge is 0.462 e. The van der Waals surface area contributed by atoms with Crippen LogP contribution < -0.4 is 0 Å². The highest BCUT2D eigenvalue weighted by Gasteiger charge is 2.42. The summed E-state index contributed by atoms with van der Waals surface area (Å²) in [5.74, 6) is -0.261. The minimum absolute atomic E-state index is 0.407. The molecule has 2 aromatic heterocycles. The van der Waals surface area contributed by atoms with E-state index in [1.165, 1.54) is 6.33 Å². The fraction of sp³-hybridized carbons (Fsp3) is 0.333.